The summed E-state index contributed by atoms with van der Waals surface area (Å²) in [6.45, 7) is 0.199. The van der Waals surface area contributed by atoms with Crippen LogP contribution in [0.15, 0.2) is 109 Å². The summed E-state index contributed by atoms with van der Waals surface area (Å²) in [5.41, 5.74) is 1.63. The van der Waals surface area contributed by atoms with E-state index in [9.17, 15) is 14.4 Å². The summed E-state index contributed by atoms with van der Waals surface area (Å²) in [5.74, 6) is -1.30. The normalized spacial score (nSPS) is 13.6. The van der Waals surface area contributed by atoms with E-state index in [1.165, 1.54) is 12.1 Å². The Kier molecular flexibility index (Phi) is 7.26. The fourth-order valence-corrected chi connectivity index (χ4v) is 4.63. The first-order valence-electron chi connectivity index (χ1n) is 11.6. The average molecular weight is 543 g/mol. The third kappa shape index (κ3) is 5.05. The summed E-state index contributed by atoms with van der Waals surface area (Å²) in [7, 11) is 0. The van der Waals surface area contributed by atoms with Gasteiger partial charge in [-0.2, -0.15) is 0 Å². The Labute approximate surface area is 229 Å². The van der Waals surface area contributed by atoms with Crippen LogP contribution in [0, 0.1) is 0 Å². The molecule has 0 aliphatic carbocycles. The standard InChI is InChI=1S/C30H20Cl2N2O4/c31-22-16-21(27(26(32)18-22)38-19-20-10-4-1-5-11-20)17-25-28(35)33(23-12-6-2-7-13-23)30(37)34(29(25)36)24-14-8-3-9-15-24/h1-18H,19H2. The molecule has 4 aromatic rings. The molecule has 4 aromatic carbocycles. The Balaban J connectivity index is 1.62. The number of urea groups is 1. The van der Waals surface area contributed by atoms with Crippen molar-refractivity contribution in [3.63, 3.8) is 0 Å². The van der Waals surface area contributed by atoms with Gasteiger partial charge in [-0.25, -0.2) is 14.6 Å². The maximum Gasteiger partial charge on any atom is 0.343 e. The van der Waals surface area contributed by atoms with Gasteiger partial charge in [0, 0.05) is 10.6 Å². The van der Waals surface area contributed by atoms with Gasteiger partial charge in [0.25, 0.3) is 11.8 Å². The Hall–Kier alpha value is -4.39. The molecule has 0 spiro atoms. The van der Waals surface area contributed by atoms with E-state index in [1.807, 2.05) is 30.3 Å². The van der Waals surface area contributed by atoms with Crippen LogP contribution in [0.3, 0.4) is 0 Å². The first kappa shape index (κ1) is 25.3. The molecule has 0 bridgehead atoms. The third-order valence-corrected chi connectivity index (χ3v) is 6.34. The Bertz CT molecular complexity index is 1480. The second-order valence-corrected chi connectivity index (χ2v) is 9.22. The number of carbonyl (C=O) groups excluding carboxylic acids is 3. The van der Waals surface area contributed by atoms with Crippen molar-refractivity contribution in [3.05, 3.63) is 130 Å². The molecule has 1 saturated heterocycles. The van der Waals surface area contributed by atoms with E-state index in [-0.39, 0.29) is 23.0 Å². The van der Waals surface area contributed by atoms with Gasteiger partial charge < -0.3 is 4.74 Å². The van der Waals surface area contributed by atoms with E-state index in [4.69, 9.17) is 27.9 Å². The van der Waals surface area contributed by atoms with Crippen LogP contribution < -0.4 is 14.5 Å². The predicted molar refractivity (Wildman–Crippen MR) is 148 cm³/mol. The van der Waals surface area contributed by atoms with Crippen molar-refractivity contribution >= 4 is 58.5 Å². The number of barbiturate groups is 1. The van der Waals surface area contributed by atoms with Crippen LogP contribution in [-0.4, -0.2) is 17.8 Å². The van der Waals surface area contributed by atoms with Gasteiger partial charge in [0.05, 0.1) is 16.4 Å². The van der Waals surface area contributed by atoms with Gasteiger partial charge in [-0.15, -0.1) is 0 Å². The van der Waals surface area contributed by atoms with Crippen molar-refractivity contribution < 1.29 is 19.1 Å². The molecule has 6 nitrogen and oxygen atoms in total. The number of halogens is 2. The molecule has 188 valence electrons. The summed E-state index contributed by atoms with van der Waals surface area (Å²) in [6, 6.07) is 28.6. The number of hydrogen-bond donors (Lipinski definition) is 0. The van der Waals surface area contributed by atoms with Crippen molar-refractivity contribution in [2.75, 3.05) is 9.80 Å². The lowest BCUT2D eigenvalue weighted by Crippen LogP contribution is -2.57. The van der Waals surface area contributed by atoms with Gasteiger partial charge in [-0.05, 0) is 48.0 Å². The minimum Gasteiger partial charge on any atom is -0.487 e. The summed E-state index contributed by atoms with van der Waals surface area (Å²) >= 11 is 12.8. The second kappa shape index (κ2) is 10.9. The Morgan fingerprint density at radius 2 is 1.18 bits per heavy atom. The van der Waals surface area contributed by atoms with Gasteiger partial charge in [0.1, 0.15) is 17.9 Å². The second-order valence-electron chi connectivity index (χ2n) is 8.37. The van der Waals surface area contributed by atoms with E-state index < -0.39 is 17.8 Å². The summed E-state index contributed by atoms with van der Waals surface area (Å²) in [5, 5.41) is 0.507. The van der Waals surface area contributed by atoms with Crippen LogP contribution in [0.1, 0.15) is 11.1 Å². The van der Waals surface area contributed by atoms with Crippen LogP contribution in [0.2, 0.25) is 10.0 Å². The van der Waals surface area contributed by atoms with Gasteiger partial charge in [-0.1, -0.05) is 89.9 Å². The minimum atomic E-state index is -0.778. The molecule has 1 aliphatic rings. The number of para-hydroxylation sites is 2. The van der Waals surface area contributed by atoms with Gasteiger partial charge in [-0.3, -0.25) is 9.59 Å². The highest BCUT2D eigenvalue weighted by Gasteiger charge is 2.43. The number of nitrogens with zero attached hydrogens (tertiary/aromatic N) is 2. The number of benzene rings is 4. The van der Waals surface area contributed by atoms with Crippen LogP contribution >= 0.6 is 23.2 Å². The molecule has 38 heavy (non-hydrogen) atoms. The zero-order valence-corrected chi connectivity index (χ0v) is 21.4. The zero-order chi connectivity index (χ0) is 26.6. The maximum atomic E-state index is 13.7. The van der Waals surface area contributed by atoms with Gasteiger partial charge in [0.2, 0.25) is 0 Å². The number of ether oxygens (including phenoxy) is 1. The number of hydrogen-bond acceptors (Lipinski definition) is 4. The molecule has 0 atom stereocenters. The quantitative estimate of drug-likeness (QED) is 0.191. The average Bonchev–Trinajstić information content (AvgIpc) is 2.92. The monoisotopic (exact) mass is 542 g/mol. The van der Waals surface area contributed by atoms with Crippen molar-refractivity contribution in [3.8, 4) is 5.75 Å². The molecule has 0 aromatic heterocycles. The van der Waals surface area contributed by atoms with E-state index in [0.29, 0.717) is 22.0 Å². The van der Waals surface area contributed by atoms with Crippen LogP contribution in [0.5, 0.6) is 5.75 Å². The minimum absolute atomic E-state index is 0.199. The van der Waals surface area contributed by atoms with Crippen molar-refractivity contribution in [2.45, 2.75) is 6.61 Å². The number of imide groups is 2. The number of anilines is 2. The first-order valence-corrected chi connectivity index (χ1v) is 12.4. The lowest BCUT2D eigenvalue weighted by Gasteiger charge is -2.34. The van der Waals surface area contributed by atoms with E-state index >= 15 is 0 Å². The molecule has 0 saturated carbocycles. The zero-order valence-electron chi connectivity index (χ0n) is 19.9. The summed E-state index contributed by atoms with van der Waals surface area (Å²) in [4.78, 5) is 42.8. The lowest BCUT2D eigenvalue weighted by molar-refractivity contribution is -0.121. The van der Waals surface area contributed by atoms with Crippen LogP contribution in [0.25, 0.3) is 6.08 Å². The summed E-state index contributed by atoms with van der Waals surface area (Å²) in [6.07, 6.45) is 1.36. The maximum absolute atomic E-state index is 13.7. The lowest BCUT2D eigenvalue weighted by atomic mass is 10.0. The fraction of sp³-hybridized carbons (Fsp3) is 0.0333. The molecule has 4 amide bonds. The largest absolute Gasteiger partial charge is 0.487 e. The summed E-state index contributed by atoms with van der Waals surface area (Å²) < 4.78 is 6.01. The van der Waals surface area contributed by atoms with Crippen LogP contribution in [0.4, 0.5) is 16.2 Å². The smallest absolute Gasteiger partial charge is 0.343 e. The van der Waals surface area contributed by atoms with E-state index in [2.05, 4.69) is 0 Å². The number of carbonyl (C=O) groups is 3. The van der Waals surface area contributed by atoms with Crippen molar-refractivity contribution in [2.24, 2.45) is 0 Å². The number of amides is 4. The predicted octanol–water partition coefficient (Wildman–Crippen LogP) is 7.16. The van der Waals surface area contributed by atoms with Crippen LogP contribution in [-0.2, 0) is 16.2 Å². The van der Waals surface area contributed by atoms with Gasteiger partial charge >= 0.3 is 6.03 Å². The SMILES string of the molecule is O=C1C(=Cc2cc(Cl)cc(Cl)c2OCc2ccccc2)C(=O)N(c2ccccc2)C(=O)N1c1ccccc1. The molecule has 1 aliphatic heterocycles. The number of rotatable bonds is 6. The molecule has 8 heteroatoms. The molecule has 0 unspecified atom stereocenters. The highest BCUT2D eigenvalue weighted by molar-refractivity contribution is 6.46. The molecular formula is C30H20Cl2N2O4. The molecule has 1 heterocycles. The fourth-order valence-electron chi connectivity index (χ4n) is 4.06. The molecule has 0 N–H and O–H groups in total. The van der Waals surface area contributed by atoms with E-state index in [1.54, 1.807) is 66.7 Å². The molecule has 5 rings (SSSR count). The van der Waals surface area contributed by atoms with E-state index in [0.717, 1.165) is 15.4 Å². The molecule has 0 radical (unpaired) electrons. The Morgan fingerprint density at radius 3 is 1.71 bits per heavy atom. The topological polar surface area (TPSA) is 66.9 Å². The van der Waals surface area contributed by atoms with Crippen molar-refractivity contribution in [1.29, 1.82) is 0 Å². The Morgan fingerprint density at radius 1 is 0.684 bits per heavy atom. The van der Waals surface area contributed by atoms with Gasteiger partial charge in [0.15, 0.2) is 0 Å². The third-order valence-electron chi connectivity index (χ3n) is 5.84. The highest BCUT2D eigenvalue weighted by atomic mass is 35.5. The first-order chi connectivity index (χ1) is 18.4. The highest BCUT2D eigenvalue weighted by Crippen LogP contribution is 2.36. The molecule has 1 fully saturated rings. The van der Waals surface area contributed by atoms with Crippen molar-refractivity contribution in [1.82, 2.24) is 0 Å². The molecular weight excluding hydrogens is 523 g/mol.